The zero-order valence-electron chi connectivity index (χ0n) is 13.1. The van der Waals surface area contributed by atoms with Gasteiger partial charge >= 0.3 is 0 Å². The lowest BCUT2D eigenvalue weighted by Crippen LogP contribution is -2.41. The van der Waals surface area contributed by atoms with Crippen molar-refractivity contribution in [3.63, 3.8) is 0 Å². The van der Waals surface area contributed by atoms with Crippen molar-refractivity contribution >= 4 is 10.0 Å². The van der Waals surface area contributed by atoms with E-state index < -0.39 is 10.0 Å². The number of likely N-dealkylation sites (N-methyl/N-ethyl adjacent to an activating group) is 2. The largest absolute Gasteiger partial charge is 0.352 e. The number of aryl methyl sites for hydroxylation is 1. The van der Waals surface area contributed by atoms with Crippen LogP contribution in [0.3, 0.4) is 0 Å². The van der Waals surface area contributed by atoms with E-state index >= 15 is 0 Å². The normalized spacial score (nSPS) is 20.5. The third-order valence-electron chi connectivity index (χ3n) is 4.37. The molecule has 2 rings (SSSR count). The summed E-state index contributed by atoms with van der Waals surface area (Å²) in [6, 6.07) is 1.99. The predicted molar refractivity (Wildman–Crippen MR) is 83.4 cm³/mol. The average molecular weight is 314 g/mol. The Labute approximate surface area is 127 Å². The van der Waals surface area contributed by atoms with Gasteiger partial charge in [0.2, 0.25) is 10.0 Å². The highest BCUT2D eigenvalue weighted by Crippen LogP contribution is 2.22. The van der Waals surface area contributed by atoms with Crippen LogP contribution in [0.1, 0.15) is 25.5 Å². The van der Waals surface area contributed by atoms with Gasteiger partial charge in [-0.05, 0) is 32.0 Å². The highest BCUT2D eigenvalue weighted by molar-refractivity contribution is 7.89. The van der Waals surface area contributed by atoms with Crippen molar-refractivity contribution in [1.82, 2.24) is 13.8 Å². The van der Waals surface area contributed by atoms with Crippen molar-refractivity contribution < 1.29 is 8.42 Å². The van der Waals surface area contributed by atoms with Crippen molar-refractivity contribution in [3.8, 4) is 0 Å². The molecule has 1 aromatic rings. The minimum absolute atomic E-state index is 0.326. The van der Waals surface area contributed by atoms with Gasteiger partial charge in [-0.2, -0.15) is 4.31 Å². The molecule has 21 heavy (non-hydrogen) atoms. The summed E-state index contributed by atoms with van der Waals surface area (Å²) in [7, 11) is 0.0402. The molecule has 0 amide bonds. The van der Waals surface area contributed by atoms with E-state index in [1.54, 1.807) is 23.9 Å². The summed E-state index contributed by atoms with van der Waals surface area (Å²) in [5.41, 5.74) is 6.43. The van der Waals surface area contributed by atoms with Crippen LogP contribution in [-0.4, -0.2) is 54.9 Å². The average Bonchev–Trinajstić information content (AvgIpc) is 3.04. The molecule has 1 aliphatic heterocycles. The Balaban J connectivity index is 2.14. The van der Waals surface area contributed by atoms with Gasteiger partial charge in [-0.25, -0.2) is 8.42 Å². The Morgan fingerprint density at radius 3 is 2.76 bits per heavy atom. The second-order valence-corrected chi connectivity index (χ2v) is 7.74. The van der Waals surface area contributed by atoms with Crippen LogP contribution in [0.4, 0.5) is 0 Å². The molecular weight excluding hydrogens is 288 g/mol. The fourth-order valence-corrected chi connectivity index (χ4v) is 4.32. The van der Waals surface area contributed by atoms with Gasteiger partial charge in [0.1, 0.15) is 4.90 Å². The first kappa shape index (κ1) is 16.5. The summed E-state index contributed by atoms with van der Waals surface area (Å²) < 4.78 is 28.5. The van der Waals surface area contributed by atoms with Gasteiger partial charge in [-0.15, -0.1) is 0 Å². The molecule has 6 nitrogen and oxygen atoms in total. The van der Waals surface area contributed by atoms with E-state index in [1.165, 1.54) is 4.31 Å². The Kier molecular flexibility index (Phi) is 5.08. The molecule has 0 saturated carbocycles. The maximum absolute atomic E-state index is 12.6. The highest BCUT2D eigenvalue weighted by atomic mass is 32.2. The van der Waals surface area contributed by atoms with E-state index in [-0.39, 0.29) is 0 Å². The SMILES string of the molecule is CCN1CCCC1CN(C)S(=O)(=O)c1cc(CN)n(C)c1. The van der Waals surface area contributed by atoms with Gasteiger partial charge in [0, 0.05) is 45.1 Å². The monoisotopic (exact) mass is 314 g/mol. The van der Waals surface area contributed by atoms with Crippen LogP contribution in [0.25, 0.3) is 0 Å². The summed E-state index contributed by atoms with van der Waals surface area (Å²) in [5, 5.41) is 0. The summed E-state index contributed by atoms with van der Waals surface area (Å²) in [5.74, 6) is 0. The van der Waals surface area contributed by atoms with Gasteiger partial charge in [0.15, 0.2) is 0 Å². The van der Waals surface area contributed by atoms with Crippen LogP contribution >= 0.6 is 0 Å². The van der Waals surface area contributed by atoms with Crippen LogP contribution < -0.4 is 5.73 Å². The second-order valence-electron chi connectivity index (χ2n) is 5.69. The van der Waals surface area contributed by atoms with Gasteiger partial charge in [-0.1, -0.05) is 6.92 Å². The van der Waals surface area contributed by atoms with E-state index in [2.05, 4.69) is 11.8 Å². The molecule has 0 aliphatic carbocycles. The predicted octanol–water partition coefficient (Wildman–Crippen LogP) is 0.589. The van der Waals surface area contributed by atoms with Gasteiger partial charge < -0.3 is 10.3 Å². The Hall–Kier alpha value is -0.890. The fraction of sp³-hybridized carbons (Fsp3) is 0.714. The molecule has 7 heteroatoms. The standard InChI is InChI=1S/C14H26N4O2S/c1-4-18-7-5-6-12(18)10-17(3)21(19,20)14-8-13(9-15)16(2)11-14/h8,11-12H,4-7,9-10,15H2,1-3H3. The third-order valence-corrected chi connectivity index (χ3v) is 6.16. The third kappa shape index (κ3) is 3.31. The maximum atomic E-state index is 12.6. The summed E-state index contributed by atoms with van der Waals surface area (Å²) in [4.78, 5) is 2.68. The van der Waals surface area contributed by atoms with Gasteiger partial charge in [0.05, 0.1) is 0 Å². The van der Waals surface area contributed by atoms with Crippen LogP contribution in [-0.2, 0) is 23.6 Å². The van der Waals surface area contributed by atoms with E-state index in [1.807, 2.05) is 7.05 Å². The number of hydrogen-bond donors (Lipinski definition) is 1. The van der Waals surface area contributed by atoms with Crippen molar-refractivity contribution in [1.29, 1.82) is 0 Å². The van der Waals surface area contributed by atoms with Crippen LogP contribution in [0.2, 0.25) is 0 Å². The number of nitrogens with zero attached hydrogens (tertiary/aromatic N) is 3. The Morgan fingerprint density at radius 1 is 1.48 bits per heavy atom. The number of nitrogens with two attached hydrogens (primary N) is 1. The summed E-state index contributed by atoms with van der Waals surface area (Å²) >= 11 is 0. The number of sulfonamides is 1. The first-order valence-corrected chi connectivity index (χ1v) is 8.89. The number of rotatable bonds is 6. The zero-order valence-corrected chi connectivity index (χ0v) is 13.9. The molecule has 2 N–H and O–H groups in total. The van der Waals surface area contributed by atoms with E-state index in [9.17, 15) is 8.42 Å². The van der Waals surface area contributed by atoms with Crippen LogP contribution in [0.15, 0.2) is 17.2 Å². The molecule has 0 radical (unpaired) electrons. The smallest absolute Gasteiger partial charge is 0.244 e. The van der Waals surface area contributed by atoms with Gasteiger partial charge in [-0.3, -0.25) is 4.90 Å². The van der Waals surface area contributed by atoms with Gasteiger partial charge in [0.25, 0.3) is 0 Å². The lowest BCUT2D eigenvalue weighted by molar-refractivity contribution is 0.237. The second kappa shape index (κ2) is 6.48. The highest BCUT2D eigenvalue weighted by Gasteiger charge is 2.29. The zero-order chi connectivity index (χ0) is 15.6. The van der Waals surface area contributed by atoms with Crippen molar-refractivity contribution in [2.24, 2.45) is 12.8 Å². The number of hydrogen-bond acceptors (Lipinski definition) is 4. The van der Waals surface area contributed by atoms with Crippen molar-refractivity contribution in [3.05, 3.63) is 18.0 Å². The Morgan fingerprint density at radius 2 is 2.19 bits per heavy atom. The quantitative estimate of drug-likeness (QED) is 0.834. The molecular formula is C14H26N4O2S. The molecule has 0 aromatic carbocycles. The molecule has 1 aliphatic rings. The molecule has 120 valence electrons. The minimum atomic E-state index is -3.44. The maximum Gasteiger partial charge on any atom is 0.244 e. The molecule has 0 spiro atoms. The number of likely N-dealkylation sites (tertiary alicyclic amines) is 1. The minimum Gasteiger partial charge on any atom is -0.352 e. The van der Waals surface area contributed by atoms with E-state index in [4.69, 9.17) is 5.73 Å². The molecule has 0 bridgehead atoms. The topological polar surface area (TPSA) is 71.6 Å². The molecule has 1 saturated heterocycles. The lowest BCUT2D eigenvalue weighted by Gasteiger charge is -2.27. The first-order valence-electron chi connectivity index (χ1n) is 7.45. The molecule has 1 aromatic heterocycles. The van der Waals surface area contributed by atoms with E-state index in [0.29, 0.717) is 24.0 Å². The van der Waals surface area contributed by atoms with Crippen molar-refractivity contribution in [2.45, 2.75) is 37.2 Å². The molecule has 2 heterocycles. The molecule has 1 unspecified atom stereocenters. The molecule has 1 atom stereocenters. The lowest BCUT2D eigenvalue weighted by atomic mass is 10.2. The summed E-state index contributed by atoms with van der Waals surface area (Å²) in [6.45, 7) is 5.04. The Bertz CT molecular complexity index is 582. The first-order chi connectivity index (χ1) is 9.90. The van der Waals surface area contributed by atoms with Crippen LogP contribution in [0.5, 0.6) is 0 Å². The summed E-state index contributed by atoms with van der Waals surface area (Å²) in [6.07, 6.45) is 3.85. The van der Waals surface area contributed by atoms with E-state index in [0.717, 1.165) is 31.6 Å². The fourth-order valence-electron chi connectivity index (χ4n) is 3.01. The number of aromatic nitrogens is 1. The molecule has 1 fully saturated rings. The van der Waals surface area contributed by atoms with Crippen molar-refractivity contribution in [2.75, 3.05) is 26.7 Å². The van der Waals surface area contributed by atoms with Crippen LogP contribution in [0, 0.1) is 0 Å².